The van der Waals surface area contributed by atoms with Crippen LogP contribution >= 0.6 is 0 Å². The minimum Gasteiger partial charge on any atom is -0.343 e. The number of ether oxygens (including phenoxy) is 2. The van der Waals surface area contributed by atoms with Crippen molar-refractivity contribution >= 4 is 0 Å². The molecular formula is C16H21NO2. The minimum absolute atomic E-state index is 0.0574. The Morgan fingerprint density at radius 2 is 2.00 bits per heavy atom. The van der Waals surface area contributed by atoms with Crippen molar-refractivity contribution in [2.24, 2.45) is 0 Å². The molecule has 2 aliphatic heterocycles. The molecule has 2 saturated heterocycles. The highest BCUT2D eigenvalue weighted by molar-refractivity contribution is 5.18. The fraction of sp³-hybridized carbons (Fsp3) is 0.500. The molecule has 3 rings (SSSR count). The van der Waals surface area contributed by atoms with Crippen molar-refractivity contribution in [2.45, 2.75) is 38.4 Å². The van der Waals surface area contributed by atoms with E-state index in [2.05, 4.69) is 35.7 Å². The molecule has 0 spiro atoms. The number of likely N-dealkylation sites (tertiary alicyclic amines) is 1. The van der Waals surface area contributed by atoms with Gasteiger partial charge in [-0.2, -0.15) is 0 Å². The summed E-state index contributed by atoms with van der Waals surface area (Å²) >= 11 is 0. The number of nitrogens with zero attached hydrogens (tertiary/aromatic N) is 1. The van der Waals surface area contributed by atoms with E-state index in [9.17, 15) is 0 Å². The zero-order valence-corrected chi connectivity index (χ0v) is 11.6. The first kappa shape index (κ1) is 12.9. The lowest BCUT2D eigenvalue weighted by atomic mass is 10.00. The summed E-state index contributed by atoms with van der Waals surface area (Å²) in [5.41, 5.74) is 2.45. The van der Waals surface area contributed by atoms with Gasteiger partial charge in [-0.05, 0) is 25.0 Å². The Balaban J connectivity index is 1.69. The maximum absolute atomic E-state index is 5.97. The molecule has 19 heavy (non-hydrogen) atoms. The Morgan fingerprint density at radius 3 is 2.74 bits per heavy atom. The van der Waals surface area contributed by atoms with Crippen molar-refractivity contribution in [2.75, 3.05) is 13.1 Å². The molecule has 1 aromatic rings. The van der Waals surface area contributed by atoms with Gasteiger partial charge < -0.3 is 9.47 Å². The summed E-state index contributed by atoms with van der Waals surface area (Å²) < 4.78 is 11.9. The van der Waals surface area contributed by atoms with Crippen molar-refractivity contribution in [3.63, 3.8) is 0 Å². The van der Waals surface area contributed by atoms with Crippen LogP contribution in [-0.2, 0) is 16.0 Å². The van der Waals surface area contributed by atoms with Gasteiger partial charge in [0.15, 0.2) is 5.79 Å². The maximum Gasteiger partial charge on any atom is 0.164 e. The average molecular weight is 259 g/mol. The van der Waals surface area contributed by atoms with Gasteiger partial charge in [-0.3, -0.25) is 4.90 Å². The first-order chi connectivity index (χ1) is 9.03. The van der Waals surface area contributed by atoms with Crippen molar-refractivity contribution in [3.05, 3.63) is 48.0 Å². The van der Waals surface area contributed by atoms with Crippen LogP contribution in [0.5, 0.6) is 0 Å². The smallest absolute Gasteiger partial charge is 0.164 e. The van der Waals surface area contributed by atoms with Crippen LogP contribution in [0.25, 0.3) is 0 Å². The number of fused-ring (bicyclic) bond motifs is 1. The molecule has 2 fully saturated rings. The summed E-state index contributed by atoms with van der Waals surface area (Å²) in [6, 6.07) is 10.5. The van der Waals surface area contributed by atoms with Crippen LogP contribution in [0.4, 0.5) is 0 Å². The molecule has 0 bridgehead atoms. The first-order valence-corrected chi connectivity index (χ1v) is 6.83. The predicted molar refractivity (Wildman–Crippen MR) is 74.7 cm³/mol. The third-order valence-corrected chi connectivity index (χ3v) is 3.70. The lowest BCUT2D eigenvalue weighted by Gasteiger charge is -2.34. The number of rotatable bonds is 2. The van der Waals surface area contributed by atoms with E-state index in [1.165, 1.54) is 5.56 Å². The number of hydrogen-bond donors (Lipinski definition) is 0. The number of benzene rings is 1. The first-order valence-electron chi connectivity index (χ1n) is 6.83. The second-order valence-corrected chi connectivity index (χ2v) is 5.91. The van der Waals surface area contributed by atoms with Crippen molar-refractivity contribution < 1.29 is 9.47 Å². The van der Waals surface area contributed by atoms with Crippen molar-refractivity contribution in [1.82, 2.24) is 4.90 Å². The topological polar surface area (TPSA) is 21.7 Å². The lowest BCUT2D eigenvalue weighted by molar-refractivity contribution is -0.143. The summed E-state index contributed by atoms with van der Waals surface area (Å²) in [5.74, 6) is -0.485. The molecule has 3 heteroatoms. The van der Waals surface area contributed by atoms with E-state index in [4.69, 9.17) is 9.47 Å². The third kappa shape index (κ3) is 2.73. The van der Waals surface area contributed by atoms with E-state index in [0.29, 0.717) is 0 Å². The Bertz CT molecular complexity index is 469. The molecule has 1 aromatic carbocycles. The highest BCUT2D eigenvalue weighted by Crippen LogP contribution is 2.35. The van der Waals surface area contributed by atoms with Crippen LogP contribution in [0.15, 0.2) is 42.5 Å². The Morgan fingerprint density at radius 1 is 1.26 bits per heavy atom. The Kier molecular flexibility index (Phi) is 3.21. The van der Waals surface area contributed by atoms with Crippen LogP contribution in [0.3, 0.4) is 0 Å². The fourth-order valence-corrected chi connectivity index (χ4v) is 2.97. The van der Waals surface area contributed by atoms with Crippen molar-refractivity contribution in [3.8, 4) is 0 Å². The summed E-state index contributed by atoms with van der Waals surface area (Å²) in [6.45, 7) is 10.8. The molecule has 3 nitrogen and oxygen atoms in total. The molecule has 2 aliphatic rings. The molecule has 0 unspecified atom stereocenters. The molecule has 2 atom stereocenters. The monoisotopic (exact) mass is 259 g/mol. The predicted octanol–water partition coefficient (Wildman–Crippen LogP) is 2.58. The lowest BCUT2D eigenvalue weighted by Crippen LogP contribution is -2.46. The van der Waals surface area contributed by atoms with Gasteiger partial charge in [-0.1, -0.05) is 36.9 Å². The zero-order valence-electron chi connectivity index (χ0n) is 11.6. The third-order valence-electron chi connectivity index (χ3n) is 3.70. The molecule has 2 heterocycles. The quantitative estimate of drug-likeness (QED) is 0.762. The van der Waals surface area contributed by atoms with Gasteiger partial charge in [0, 0.05) is 19.6 Å². The Labute approximate surface area is 114 Å². The van der Waals surface area contributed by atoms with E-state index in [0.717, 1.165) is 25.2 Å². The van der Waals surface area contributed by atoms with E-state index in [1.807, 2.05) is 19.9 Å². The SMILES string of the molecule is C=C1CN(Cc2ccccc2)C[C@@H]2OC(C)(C)O[C@@H]12. The molecule has 0 radical (unpaired) electrons. The standard InChI is InChI=1S/C16H21NO2/c1-12-9-17(10-13-7-5-4-6-8-13)11-14-15(12)19-16(2,3)18-14/h4-8,14-15H,1,9-11H2,2-3H3/t14-,15-/m0/s1. The second kappa shape index (κ2) is 4.75. The minimum atomic E-state index is -0.485. The zero-order chi connectivity index (χ0) is 13.5. The fourth-order valence-electron chi connectivity index (χ4n) is 2.97. The maximum atomic E-state index is 5.97. The summed E-state index contributed by atoms with van der Waals surface area (Å²) in [7, 11) is 0. The molecule has 102 valence electrons. The van der Waals surface area contributed by atoms with Gasteiger partial charge in [0.05, 0.1) is 0 Å². The van der Waals surface area contributed by atoms with E-state index in [-0.39, 0.29) is 12.2 Å². The summed E-state index contributed by atoms with van der Waals surface area (Å²) in [4.78, 5) is 2.38. The van der Waals surface area contributed by atoms with Crippen LogP contribution < -0.4 is 0 Å². The number of piperidine rings is 1. The molecular weight excluding hydrogens is 238 g/mol. The van der Waals surface area contributed by atoms with Gasteiger partial charge in [-0.15, -0.1) is 0 Å². The summed E-state index contributed by atoms with van der Waals surface area (Å²) in [6.07, 6.45) is 0.169. The van der Waals surface area contributed by atoms with Crippen LogP contribution in [0.2, 0.25) is 0 Å². The van der Waals surface area contributed by atoms with E-state index < -0.39 is 5.79 Å². The Hall–Kier alpha value is -1.16. The normalized spacial score (nSPS) is 30.3. The molecule has 0 saturated carbocycles. The van der Waals surface area contributed by atoms with Crippen LogP contribution in [0, 0.1) is 0 Å². The average Bonchev–Trinajstić information content (AvgIpc) is 2.65. The highest BCUT2D eigenvalue weighted by Gasteiger charge is 2.45. The molecule has 0 aliphatic carbocycles. The van der Waals surface area contributed by atoms with Gasteiger partial charge >= 0.3 is 0 Å². The van der Waals surface area contributed by atoms with Gasteiger partial charge in [0.25, 0.3) is 0 Å². The van der Waals surface area contributed by atoms with Gasteiger partial charge in [-0.25, -0.2) is 0 Å². The van der Waals surface area contributed by atoms with E-state index in [1.54, 1.807) is 0 Å². The van der Waals surface area contributed by atoms with E-state index >= 15 is 0 Å². The van der Waals surface area contributed by atoms with Gasteiger partial charge in [0.2, 0.25) is 0 Å². The summed E-state index contributed by atoms with van der Waals surface area (Å²) in [5, 5.41) is 0. The molecule has 0 amide bonds. The van der Waals surface area contributed by atoms with Gasteiger partial charge in [0.1, 0.15) is 12.2 Å². The molecule has 0 aromatic heterocycles. The van der Waals surface area contributed by atoms with Crippen LogP contribution in [-0.4, -0.2) is 36.0 Å². The van der Waals surface area contributed by atoms with Crippen molar-refractivity contribution in [1.29, 1.82) is 0 Å². The largest absolute Gasteiger partial charge is 0.343 e. The molecule has 0 N–H and O–H groups in total. The highest BCUT2D eigenvalue weighted by atomic mass is 16.8. The van der Waals surface area contributed by atoms with Crippen LogP contribution in [0.1, 0.15) is 19.4 Å². The second-order valence-electron chi connectivity index (χ2n) is 5.91. The number of hydrogen-bond acceptors (Lipinski definition) is 3.